The van der Waals surface area contributed by atoms with Gasteiger partial charge in [-0.15, -0.1) is 5.10 Å². The van der Waals surface area contributed by atoms with Gasteiger partial charge in [-0.05, 0) is 44.5 Å². The molecular weight excluding hydrogens is 406 g/mol. The molecule has 0 spiro atoms. The molecule has 8 heteroatoms. The molecule has 4 rings (SSSR count). The fourth-order valence-corrected chi connectivity index (χ4v) is 3.47. The number of carbonyl (C=O) groups excluding carboxylic acids is 1. The first-order valence-electron chi connectivity index (χ1n) is 9.99. The lowest BCUT2D eigenvalue weighted by Gasteiger charge is -2.10. The topological polar surface area (TPSA) is 103 Å². The molecule has 0 atom stereocenters. The zero-order valence-electron chi connectivity index (χ0n) is 17.9. The van der Waals surface area contributed by atoms with Crippen molar-refractivity contribution in [3.05, 3.63) is 99.4 Å². The monoisotopic (exact) mass is 427 g/mol. The maximum atomic E-state index is 12.9. The minimum atomic E-state index is -0.553. The highest BCUT2D eigenvalue weighted by atomic mass is 16.6. The molecule has 1 amide bonds. The lowest BCUT2D eigenvalue weighted by molar-refractivity contribution is -0.384. The van der Waals surface area contributed by atoms with Gasteiger partial charge >= 0.3 is 0 Å². The number of nitro benzene ring substituents is 1. The minimum absolute atomic E-state index is 0.0343. The number of hydrogen-bond acceptors (Lipinski definition) is 5. The Hall–Kier alpha value is -4.33. The van der Waals surface area contributed by atoms with Crippen LogP contribution in [0.1, 0.15) is 27.3 Å². The molecule has 0 saturated heterocycles. The number of hydrogen-bond donors (Lipinski definition) is 1. The van der Waals surface area contributed by atoms with Gasteiger partial charge in [-0.3, -0.25) is 14.9 Å². The highest BCUT2D eigenvalue weighted by molar-refractivity contribution is 6.02. The molecule has 3 aromatic carbocycles. The molecule has 1 N–H and O–H groups in total. The lowest BCUT2D eigenvalue weighted by atomic mass is 10.1. The van der Waals surface area contributed by atoms with Crippen molar-refractivity contribution in [1.82, 2.24) is 14.8 Å². The second-order valence-electron chi connectivity index (χ2n) is 7.59. The van der Waals surface area contributed by atoms with Crippen molar-refractivity contribution in [3.8, 4) is 17.1 Å². The third kappa shape index (κ3) is 4.24. The van der Waals surface area contributed by atoms with Gasteiger partial charge in [0.25, 0.3) is 11.6 Å². The molecule has 0 fully saturated rings. The summed E-state index contributed by atoms with van der Waals surface area (Å²) < 4.78 is 1.66. The average Bonchev–Trinajstić information content (AvgIpc) is 3.19. The summed E-state index contributed by atoms with van der Waals surface area (Å²) in [5.74, 6) is -0.0549. The highest BCUT2D eigenvalue weighted by Gasteiger charge is 2.20. The number of amides is 1. The quantitative estimate of drug-likeness (QED) is 0.356. The minimum Gasteiger partial charge on any atom is -0.319 e. The Balaban J connectivity index is 1.77. The number of nitro groups is 1. The maximum absolute atomic E-state index is 12.9. The van der Waals surface area contributed by atoms with Crippen LogP contribution in [-0.2, 0) is 0 Å². The second-order valence-corrected chi connectivity index (χ2v) is 7.59. The Morgan fingerprint density at radius 2 is 1.72 bits per heavy atom. The van der Waals surface area contributed by atoms with Crippen LogP contribution in [0.5, 0.6) is 0 Å². The van der Waals surface area contributed by atoms with E-state index in [4.69, 9.17) is 0 Å². The second kappa shape index (κ2) is 8.43. The summed E-state index contributed by atoms with van der Waals surface area (Å²) >= 11 is 0. The van der Waals surface area contributed by atoms with Crippen molar-refractivity contribution in [1.29, 1.82) is 0 Å². The molecule has 0 aliphatic heterocycles. The van der Waals surface area contributed by atoms with Crippen molar-refractivity contribution in [3.63, 3.8) is 0 Å². The van der Waals surface area contributed by atoms with E-state index < -0.39 is 10.8 Å². The number of anilines is 1. The summed E-state index contributed by atoms with van der Waals surface area (Å²) in [6.07, 6.45) is 0. The molecule has 0 radical (unpaired) electrons. The van der Waals surface area contributed by atoms with Crippen LogP contribution in [0.2, 0.25) is 0 Å². The van der Waals surface area contributed by atoms with E-state index in [2.05, 4.69) is 15.4 Å². The van der Waals surface area contributed by atoms with Gasteiger partial charge in [0.2, 0.25) is 5.82 Å². The SMILES string of the molecule is Cc1cccc(-c2nc(C(=O)Nc3cccc([N+](=O)[O-])c3)nn2-c2ccc(C)cc2C)c1. The van der Waals surface area contributed by atoms with Crippen LogP contribution >= 0.6 is 0 Å². The summed E-state index contributed by atoms with van der Waals surface area (Å²) in [5.41, 5.74) is 4.99. The predicted molar refractivity (Wildman–Crippen MR) is 122 cm³/mol. The van der Waals surface area contributed by atoms with Gasteiger partial charge in [-0.2, -0.15) is 0 Å². The normalized spacial score (nSPS) is 10.7. The van der Waals surface area contributed by atoms with Crippen molar-refractivity contribution < 1.29 is 9.72 Å². The Morgan fingerprint density at radius 3 is 2.44 bits per heavy atom. The van der Waals surface area contributed by atoms with Crippen molar-refractivity contribution >= 4 is 17.3 Å². The third-order valence-electron chi connectivity index (χ3n) is 4.98. The van der Waals surface area contributed by atoms with Crippen LogP contribution in [0.4, 0.5) is 11.4 Å². The van der Waals surface area contributed by atoms with Gasteiger partial charge < -0.3 is 5.32 Å². The fourth-order valence-electron chi connectivity index (χ4n) is 3.47. The van der Waals surface area contributed by atoms with E-state index in [0.717, 1.165) is 27.9 Å². The van der Waals surface area contributed by atoms with E-state index in [1.807, 2.05) is 63.2 Å². The molecule has 1 aromatic heterocycles. The summed E-state index contributed by atoms with van der Waals surface area (Å²) in [7, 11) is 0. The Kier molecular flexibility index (Phi) is 5.51. The number of carbonyl (C=O) groups is 1. The fraction of sp³-hybridized carbons (Fsp3) is 0.125. The van der Waals surface area contributed by atoms with Crippen LogP contribution in [0.3, 0.4) is 0 Å². The molecule has 0 bridgehead atoms. The third-order valence-corrected chi connectivity index (χ3v) is 4.98. The Labute approximate surface area is 184 Å². The van der Waals surface area contributed by atoms with Crippen molar-refractivity contribution in [2.45, 2.75) is 20.8 Å². The zero-order valence-corrected chi connectivity index (χ0v) is 17.9. The van der Waals surface area contributed by atoms with Crippen molar-refractivity contribution in [2.75, 3.05) is 5.32 Å². The Bertz CT molecular complexity index is 1340. The van der Waals surface area contributed by atoms with Crippen LogP contribution in [0.15, 0.2) is 66.7 Å². The van der Waals surface area contributed by atoms with E-state index in [1.54, 1.807) is 10.7 Å². The van der Waals surface area contributed by atoms with Crippen molar-refractivity contribution in [2.24, 2.45) is 0 Å². The van der Waals surface area contributed by atoms with E-state index in [-0.39, 0.29) is 11.5 Å². The first kappa shape index (κ1) is 20.9. The largest absolute Gasteiger partial charge is 0.319 e. The molecule has 0 aliphatic carbocycles. The van der Waals surface area contributed by atoms with Crippen LogP contribution in [-0.4, -0.2) is 25.6 Å². The van der Waals surface area contributed by atoms with E-state index in [0.29, 0.717) is 11.5 Å². The van der Waals surface area contributed by atoms with E-state index in [1.165, 1.54) is 18.2 Å². The summed E-state index contributed by atoms with van der Waals surface area (Å²) in [6.45, 7) is 5.97. The number of aromatic nitrogens is 3. The molecular formula is C24H21N5O3. The smallest absolute Gasteiger partial charge is 0.295 e. The number of nitrogens with one attached hydrogen (secondary N) is 1. The van der Waals surface area contributed by atoms with Gasteiger partial charge in [-0.25, -0.2) is 9.67 Å². The zero-order chi connectivity index (χ0) is 22.8. The first-order valence-corrected chi connectivity index (χ1v) is 9.99. The van der Waals surface area contributed by atoms with Crippen LogP contribution in [0, 0.1) is 30.9 Å². The number of non-ortho nitro benzene ring substituents is 1. The highest BCUT2D eigenvalue weighted by Crippen LogP contribution is 2.25. The predicted octanol–water partition coefficient (Wildman–Crippen LogP) is 5.02. The average molecular weight is 427 g/mol. The number of benzene rings is 3. The molecule has 0 unspecified atom stereocenters. The molecule has 160 valence electrons. The molecule has 1 heterocycles. The summed E-state index contributed by atoms with van der Waals surface area (Å²) in [4.78, 5) is 27.9. The molecule has 4 aromatic rings. The van der Waals surface area contributed by atoms with Crippen LogP contribution < -0.4 is 5.32 Å². The van der Waals surface area contributed by atoms with Gasteiger partial charge in [0.05, 0.1) is 10.6 Å². The van der Waals surface area contributed by atoms with Gasteiger partial charge in [-0.1, -0.05) is 47.5 Å². The maximum Gasteiger partial charge on any atom is 0.295 e. The first-order chi connectivity index (χ1) is 15.3. The van der Waals surface area contributed by atoms with Crippen LogP contribution in [0.25, 0.3) is 17.1 Å². The van der Waals surface area contributed by atoms with E-state index in [9.17, 15) is 14.9 Å². The molecule has 0 aliphatic rings. The lowest BCUT2D eigenvalue weighted by Crippen LogP contribution is -2.14. The standard InChI is InChI=1S/C24H21N5O3/c1-15-6-4-7-18(13-15)23-26-22(27-28(23)21-11-10-16(2)12-17(21)3)24(30)25-19-8-5-9-20(14-19)29(31)32/h4-14H,1-3H3,(H,25,30). The number of rotatable bonds is 5. The number of nitrogens with zero attached hydrogens (tertiary/aromatic N) is 4. The molecule has 8 nitrogen and oxygen atoms in total. The van der Waals surface area contributed by atoms with Gasteiger partial charge in [0, 0.05) is 23.4 Å². The number of aryl methyl sites for hydroxylation is 3. The van der Waals surface area contributed by atoms with E-state index >= 15 is 0 Å². The summed E-state index contributed by atoms with van der Waals surface area (Å²) in [5, 5.41) is 18.2. The van der Waals surface area contributed by atoms with Gasteiger partial charge in [0.1, 0.15) is 0 Å². The molecule has 0 saturated carbocycles. The molecule has 32 heavy (non-hydrogen) atoms. The summed E-state index contributed by atoms with van der Waals surface area (Å²) in [6, 6.07) is 19.5. The Morgan fingerprint density at radius 1 is 0.969 bits per heavy atom. The van der Waals surface area contributed by atoms with Gasteiger partial charge in [0.15, 0.2) is 5.82 Å².